The molecule has 1 aromatic rings. The lowest BCUT2D eigenvalue weighted by Crippen LogP contribution is -2.45. The molecule has 0 radical (unpaired) electrons. The summed E-state index contributed by atoms with van der Waals surface area (Å²) >= 11 is 11.6. The third kappa shape index (κ3) is 5.99. The molecule has 0 heterocycles. The topological polar surface area (TPSA) is 49.3 Å². The number of carbonyl (C=O) groups excluding carboxylic acids is 1. The summed E-state index contributed by atoms with van der Waals surface area (Å²) in [6.07, 6.45) is -0.958. The van der Waals surface area contributed by atoms with Crippen LogP contribution in [0.2, 0.25) is 21.6 Å². The van der Waals surface area contributed by atoms with Gasteiger partial charge in [0.2, 0.25) is 5.91 Å². The smallest absolute Gasteiger partial charge is 0.235 e. The Morgan fingerprint density at radius 2 is 1.56 bits per heavy atom. The van der Waals surface area contributed by atoms with Crippen LogP contribution < -0.4 is 5.32 Å². The molecule has 6 heteroatoms. The molecule has 27 heavy (non-hydrogen) atoms. The Hall–Kier alpha value is -0.993. The van der Waals surface area contributed by atoms with Gasteiger partial charge in [-0.15, -0.1) is 17.1 Å². The van der Waals surface area contributed by atoms with Crippen molar-refractivity contribution in [2.45, 2.75) is 70.3 Å². The Morgan fingerprint density at radius 3 is 1.96 bits per heavy atom. The van der Waals surface area contributed by atoms with Crippen LogP contribution in [0.5, 0.6) is 0 Å². The van der Waals surface area contributed by atoms with Crippen LogP contribution in [0.3, 0.4) is 0 Å². The summed E-state index contributed by atoms with van der Waals surface area (Å²) in [6.45, 7) is 13.4. The van der Waals surface area contributed by atoms with Crippen molar-refractivity contribution in [3.63, 3.8) is 0 Å². The first-order chi connectivity index (χ1) is 12.6. The van der Waals surface area contributed by atoms with Crippen LogP contribution in [-0.4, -0.2) is 31.0 Å². The number of carbonyl (C=O) groups is 1. The van der Waals surface area contributed by atoms with Crippen molar-refractivity contribution in [3.8, 4) is 11.5 Å². The van der Waals surface area contributed by atoms with Crippen molar-refractivity contribution < 1.29 is 9.90 Å². The number of halogens is 2. The Bertz CT molecular complexity index is 656. The predicted octanol–water partition coefficient (Wildman–Crippen LogP) is 5.32. The Kier molecular flexibility index (Phi) is 9.37. The molecule has 0 aliphatic rings. The van der Waals surface area contributed by atoms with E-state index >= 15 is 0 Å². The lowest BCUT2D eigenvalue weighted by atomic mass is 10.0. The zero-order chi connectivity index (χ0) is 20.8. The molecule has 0 spiro atoms. The highest BCUT2D eigenvalue weighted by molar-refractivity contribution is 6.90. The Balaban J connectivity index is 3.34. The fourth-order valence-corrected chi connectivity index (χ4v) is 9.37. The molecule has 2 atom stereocenters. The minimum Gasteiger partial charge on any atom is -0.385 e. The Morgan fingerprint density at radius 1 is 1.07 bits per heavy atom. The fourth-order valence-electron chi connectivity index (χ4n) is 3.89. The standard InChI is InChI=1S/C21H31Cl2NO2Si/c1-14(2)27(15(3)4,16(5)6)12-11-19(24-20(25)13-22)21(26)17-7-9-18(23)10-8-17/h7-10,14-16,19,21,26H,13H2,1-6H3,(H,24,25)/t19-,21-/m0/s1. The van der Waals surface area contributed by atoms with Crippen LogP contribution in [0.4, 0.5) is 0 Å². The first-order valence-electron chi connectivity index (χ1n) is 9.37. The zero-order valence-electron chi connectivity index (χ0n) is 17.0. The summed E-state index contributed by atoms with van der Waals surface area (Å²) in [4.78, 5) is 11.9. The molecule has 3 nitrogen and oxygen atoms in total. The second kappa shape index (κ2) is 10.5. The Labute approximate surface area is 174 Å². The second-order valence-corrected chi connectivity index (χ2v) is 14.1. The number of aliphatic hydroxyl groups excluding tert-OH is 1. The largest absolute Gasteiger partial charge is 0.385 e. The molecule has 0 bridgehead atoms. The van der Waals surface area contributed by atoms with E-state index in [2.05, 4.69) is 58.3 Å². The summed E-state index contributed by atoms with van der Waals surface area (Å²) in [5, 5.41) is 14.2. The SMILES string of the molecule is CC(C)[Si](C#C[C@H](NC(=O)CCl)[C@@H](O)c1ccc(Cl)cc1)(C(C)C)C(C)C. The van der Waals surface area contributed by atoms with Crippen LogP contribution in [0.25, 0.3) is 0 Å². The maximum absolute atomic E-state index is 11.9. The van der Waals surface area contributed by atoms with Crippen LogP contribution in [-0.2, 0) is 4.79 Å². The number of benzene rings is 1. The van der Waals surface area contributed by atoms with Crippen LogP contribution in [0, 0.1) is 11.5 Å². The highest BCUT2D eigenvalue weighted by Gasteiger charge is 2.42. The minimum atomic E-state index is -1.98. The number of rotatable bonds is 7. The summed E-state index contributed by atoms with van der Waals surface area (Å²) < 4.78 is 0. The van der Waals surface area contributed by atoms with Crippen molar-refractivity contribution in [3.05, 3.63) is 34.9 Å². The van der Waals surface area contributed by atoms with Gasteiger partial charge in [-0.2, -0.15) is 0 Å². The van der Waals surface area contributed by atoms with Crippen molar-refractivity contribution in [2.75, 3.05) is 5.88 Å². The van der Waals surface area contributed by atoms with Crippen LogP contribution >= 0.6 is 23.2 Å². The first-order valence-corrected chi connectivity index (χ1v) is 12.5. The van der Waals surface area contributed by atoms with Gasteiger partial charge in [0.25, 0.3) is 0 Å². The van der Waals surface area contributed by atoms with Crippen LogP contribution in [0.15, 0.2) is 24.3 Å². The normalized spacial score (nSPS) is 14.1. The lowest BCUT2D eigenvalue weighted by molar-refractivity contribution is -0.119. The molecule has 1 aromatic carbocycles. The monoisotopic (exact) mass is 427 g/mol. The third-order valence-corrected chi connectivity index (χ3v) is 12.1. The zero-order valence-corrected chi connectivity index (χ0v) is 19.5. The molecule has 2 N–H and O–H groups in total. The van der Waals surface area contributed by atoms with E-state index < -0.39 is 20.2 Å². The van der Waals surface area contributed by atoms with Gasteiger partial charge in [-0.3, -0.25) is 4.79 Å². The number of hydrogen-bond donors (Lipinski definition) is 2. The molecule has 0 fully saturated rings. The van der Waals surface area contributed by atoms with Crippen LogP contribution in [0.1, 0.15) is 53.2 Å². The van der Waals surface area contributed by atoms with E-state index in [-0.39, 0.29) is 11.8 Å². The van der Waals surface area contributed by atoms with Crippen molar-refractivity contribution in [1.29, 1.82) is 0 Å². The third-order valence-electron chi connectivity index (χ3n) is 5.28. The summed E-state index contributed by atoms with van der Waals surface area (Å²) in [6, 6.07) is 6.19. The minimum absolute atomic E-state index is 0.174. The van der Waals surface area contributed by atoms with Gasteiger partial charge in [-0.1, -0.05) is 71.2 Å². The van der Waals surface area contributed by atoms with E-state index in [1.807, 2.05) is 0 Å². The van der Waals surface area contributed by atoms with Gasteiger partial charge in [0, 0.05) is 5.02 Å². The first kappa shape index (κ1) is 24.0. The molecule has 0 saturated carbocycles. The molecule has 0 aliphatic heterocycles. The van der Waals surface area contributed by atoms with Crippen molar-refractivity contribution in [2.24, 2.45) is 0 Å². The summed E-state index contributed by atoms with van der Waals surface area (Å²) in [7, 11) is -1.98. The number of aliphatic hydroxyl groups is 1. The van der Waals surface area contributed by atoms with Gasteiger partial charge in [-0.25, -0.2) is 0 Å². The molecular weight excluding hydrogens is 397 g/mol. The van der Waals surface area contributed by atoms with Crippen molar-refractivity contribution in [1.82, 2.24) is 5.32 Å². The maximum atomic E-state index is 11.9. The molecule has 0 unspecified atom stereocenters. The van der Waals surface area contributed by atoms with Crippen molar-refractivity contribution >= 4 is 37.2 Å². The van der Waals surface area contributed by atoms with E-state index in [9.17, 15) is 9.90 Å². The van der Waals surface area contributed by atoms with E-state index in [0.717, 1.165) is 0 Å². The van der Waals surface area contributed by atoms with Gasteiger partial charge in [0.15, 0.2) is 0 Å². The summed E-state index contributed by atoms with van der Waals surface area (Å²) in [5.41, 5.74) is 5.60. The molecule has 1 amide bonds. The van der Waals surface area contributed by atoms with Gasteiger partial charge >= 0.3 is 0 Å². The van der Waals surface area contributed by atoms with E-state index in [0.29, 0.717) is 27.2 Å². The van der Waals surface area contributed by atoms with Gasteiger partial charge in [0.1, 0.15) is 26.1 Å². The number of amides is 1. The molecule has 150 valence electrons. The van der Waals surface area contributed by atoms with E-state index in [1.165, 1.54) is 0 Å². The van der Waals surface area contributed by atoms with Gasteiger partial charge in [0.05, 0.1) is 0 Å². The van der Waals surface area contributed by atoms with E-state index in [1.54, 1.807) is 24.3 Å². The maximum Gasteiger partial charge on any atom is 0.235 e. The number of hydrogen-bond acceptors (Lipinski definition) is 2. The summed E-state index contributed by atoms with van der Waals surface area (Å²) in [5.74, 6) is 2.70. The molecular formula is C21H31Cl2NO2Si. The predicted molar refractivity (Wildman–Crippen MR) is 118 cm³/mol. The quantitative estimate of drug-likeness (QED) is 0.351. The average molecular weight is 428 g/mol. The lowest BCUT2D eigenvalue weighted by Gasteiger charge is -2.38. The number of nitrogens with one attached hydrogen (secondary N) is 1. The fraction of sp³-hybridized carbons (Fsp3) is 0.571. The number of alkyl halides is 1. The highest BCUT2D eigenvalue weighted by Crippen LogP contribution is 2.40. The molecule has 0 saturated heterocycles. The van der Waals surface area contributed by atoms with E-state index in [4.69, 9.17) is 23.2 Å². The molecule has 1 rings (SSSR count). The average Bonchev–Trinajstić information content (AvgIpc) is 2.60. The second-order valence-electron chi connectivity index (χ2n) is 7.84. The molecule has 0 aliphatic carbocycles. The van der Waals surface area contributed by atoms with Gasteiger partial charge in [-0.05, 0) is 34.3 Å². The highest BCUT2D eigenvalue weighted by atomic mass is 35.5. The van der Waals surface area contributed by atoms with Gasteiger partial charge < -0.3 is 10.4 Å². The molecule has 0 aromatic heterocycles.